The topological polar surface area (TPSA) is 40.3 Å². The molecule has 0 atom stereocenters. The lowest BCUT2D eigenvalue weighted by atomic mass is 10.0. The third kappa shape index (κ3) is 3.98. The molecule has 0 fully saturated rings. The first-order valence-corrected chi connectivity index (χ1v) is 19.4. The number of benzene rings is 8. The molecule has 0 saturated heterocycles. The summed E-state index contributed by atoms with van der Waals surface area (Å²) in [5, 5.41) is 7.23. The summed E-state index contributed by atoms with van der Waals surface area (Å²) in [6, 6.07) is 61.2. The fourth-order valence-corrected chi connectivity index (χ4v) is 10.2. The summed E-state index contributed by atoms with van der Waals surface area (Å²) in [6.45, 7) is 0. The summed E-state index contributed by atoms with van der Waals surface area (Å²) >= 11 is 1.76. The number of imidazole rings is 1. The first-order chi connectivity index (χ1) is 27.3. The van der Waals surface area contributed by atoms with Crippen molar-refractivity contribution in [2.24, 2.45) is 0 Å². The lowest BCUT2D eigenvalue weighted by molar-refractivity contribution is 0.669. The van der Waals surface area contributed by atoms with Gasteiger partial charge in [0.1, 0.15) is 11.2 Å². The molecule has 0 unspecified atom stereocenters. The number of rotatable bonds is 3. The predicted molar refractivity (Wildman–Crippen MR) is 229 cm³/mol. The van der Waals surface area contributed by atoms with Gasteiger partial charge < -0.3 is 13.6 Å². The van der Waals surface area contributed by atoms with Crippen LogP contribution < -0.4 is 0 Å². The maximum absolute atomic E-state index is 6.17. The SMILES string of the molecule is c1ccc2c(c1)oc1ccc(-c3ccc4nc5sc6c(-n7c8ccccc8c8ccccc87)cc(-n7c8ccccc8c8ccccc87)cc6n5c4c3)cc12. The first-order valence-electron chi connectivity index (χ1n) is 18.5. The van der Waals surface area contributed by atoms with E-state index >= 15 is 0 Å². The quantitative estimate of drug-likeness (QED) is 0.182. The van der Waals surface area contributed by atoms with Crippen molar-refractivity contribution in [3.8, 4) is 22.5 Å². The Labute approximate surface area is 317 Å². The summed E-state index contributed by atoms with van der Waals surface area (Å²) in [5.74, 6) is 0. The molecule has 0 saturated carbocycles. The van der Waals surface area contributed by atoms with Gasteiger partial charge in [0.05, 0.1) is 54.7 Å². The monoisotopic (exact) mass is 720 g/mol. The lowest BCUT2D eigenvalue weighted by Gasteiger charge is -2.14. The van der Waals surface area contributed by atoms with Gasteiger partial charge in [-0.3, -0.25) is 4.40 Å². The van der Waals surface area contributed by atoms with Gasteiger partial charge >= 0.3 is 0 Å². The number of furan rings is 1. The third-order valence-electron chi connectivity index (χ3n) is 11.5. The molecule has 256 valence electrons. The van der Waals surface area contributed by atoms with Crippen molar-refractivity contribution in [1.29, 1.82) is 0 Å². The van der Waals surface area contributed by atoms with Gasteiger partial charge in [0, 0.05) is 32.3 Å². The normalized spacial score (nSPS) is 12.4. The van der Waals surface area contributed by atoms with E-state index in [2.05, 4.69) is 171 Å². The Bertz CT molecular complexity index is 3630. The molecule has 0 aliphatic rings. The maximum atomic E-state index is 6.17. The third-order valence-corrected chi connectivity index (χ3v) is 12.5. The zero-order valence-electron chi connectivity index (χ0n) is 29.3. The number of fused-ring (bicyclic) bond motifs is 14. The largest absolute Gasteiger partial charge is 0.456 e. The van der Waals surface area contributed by atoms with E-state index in [0.717, 1.165) is 66.0 Å². The molecule has 5 aromatic heterocycles. The molecule has 0 N–H and O–H groups in total. The van der Waals surface area contributed by atoms with Crippen molar-refractivity contribution < 1.29 is 4.42 Å². The van der Waals surface area contributed by atoms with Gasteiger partial charge in [0.25, 0.3) is 0 Å². The number of thiazole rings is 1. The summed E-state index contributed by atoms with van der Waals surface area (Å²) in [7, 11) is 0. The fraction of sp³-hybridized carbons (Fsp3) is 0. The Kier molecular flexibility index (Phi) is 5.71. The minimum atomic E-state index is 0.900. The minimum Gasteiger partial charge on any atom is -0.456 e. The van der Waals surface area contributed by atoms with Crippen LogP contribution in [0.3, 0.4) is 0 Å². The highest BCUT2D eigenvalue weighted by Gasteiger charge is 2.22. The number of hydrogen-bond acceptors (Lipinski definition) is 3. The second kappa shape index (κ2) is 10.7. The van der Waals surface area contributed by atoms with Crippen LogP contribution in [-0.2, 0) is 0 Å². The second-order valence-corrected chi connectivity index (χ2v) is 15.4. The Balaban J connectivity index is 1.14. The summed E-state index contributed by atoms with van der Waals surface area (Å²) in [5.41, 5.74) is 14.3. The standard InChI is InChI=1S/C49H28N4OS/c1-6-16-39-32(11-1)33-12-2-7-17-40(33)51(39)31-27-44(52-41-18-8-3-13-34(41)35-14-4-9-19-42(35)52)48-45(28-31)53-43-26-30(21-23-38(43)50-49(53)55-48)29-22-24-47-37(25-29)36-15-5-10-20-46(36)54-47/h1-28H. The van der Waals surface area contributed by atoms with E-state index in [1.807, 2.05) is 12.1 Å². The molecule has 0 aliphatic heterocycles. The average molecular weight is 721 g/mol. The van der Waals surface area contributed by atoms with Crippen molar-refractivity contribution in [1.82, 2.24) is 18.5 Å². The number of aromatic nitrogens is 4. The van der Waals surface area contributed by atoms with Crippen LogP contribution in [0.4, 0.5) is 0 Å². The van der Waals surface area contributed by atoms with Crippen molar-refractivity contribution in [3.05, 3.63) is 170 Å². The first kappa shape index (κ1) is 29.3. The molecule has 0 aliphatic carbocycles. The van der Waals surface area contributed by atoms with Crippen molar-refractivity contribution in [2.45, 2.75) is 0 Å². The van der Waals surface area contributed by atoms with E-state index in [1.165, 1.54) is 48.3 Å². The van der Waals surface area contributed by atoms with E-state index < -0.39 is 0 Å². The van der Waals surface area contributed by atoms with Crippen LogP contribution in [0.25, 0.3) is 114 Å². The van der Waals surface area contributed by atoms with Gasteiger partial charge in [-0.1, -0.05) is 114 Å². The Morgan fingerprint density at radius 1 is 0.418 bits per heavy atom. The van der Waals surface area contributed by atoms with Crippen LogP contribution >= 0.6 is 11.3 Å². The molecular formula is C49H28N4OS. The van der Waals surface area contributed by atoms with Crippen LogP contribution in [0.2, 0.25) is 0 Å². The zero-order chi connectivity index (χ0) is 35.8. The van der Waals surface area contributed by atoms with Crippen molar-refractivity contribution >= 4 is 103 Å². The van der Waals surface area contributed by atoms with Crippen molar-refractivity contribution in [2.75, 3.05) is 0 Å². The average Bonchev–Trinajstić information content (AvgIpc) is 4.04. The molecule has 0 spiro atoms. The maximum Gasteiger partial charge on any atom is 0.195 e. The van der Waals surface area contributed by atoms with Gasteiger partial charge in [-0.25, -0.2) is 4.98 Å². The van der Waals surface area contributed by atoms with E-state index in [1.54, 1.807) is 11.3 Å². The van der Waals surface area contributed by atoms with Gasteiger partial charge in [-0.2, -0.15) is 0 Å². The second-order valence-electron chi connectivity index (χ2n) is 14.4. The smallest absolute Gasteiger partial charge is 0.195 e. The molecule has 5 heterocycles. The van der Waals surface area contributed by atoms with Crippen LogP contribution in [-0.4, -0.2) is 18.5 Å². The van der Waals surface area contributed by atoms with E-state index in [9.17, 15) is 0 Å². The van der Waals surface area contributed by atoms with Gasteiger partial charge in [0.2, 0.25) is 0 Å². The summed E-state index contributed by atoms with van der Waals surface area (Å²) in [6.07, 6.45) is 0. The zero-order valence-corrected chi connectivity index (χ0v) is 30.1. The van der Waals surface area contributed by atoms with E-state index in [4.69, 9.17) is 9.40 Å². The molecule has 13 rings (SSSR count). The molecule has 8 aromatic carbocycles. The number of hydrogen-bond donors (Lipinski definition) is 0. The van der Waals surface area contributed by atoms with Crippen LogP contribution in [0, 0.1) is 0 Å². The predicted octanol–water partition coefficient (Wildman–Crippen LogP) is 13.5. The van der Waals surface area contributed by atoms with Gasteiger partial charge in [-0.05, 0) is 77.9 Å². The molecule has 6 heteroatoms. The Hall–Kier alpha value is -7.15. The molecule has 5 nitrogen and oxygen atoms in total. The Morgan fingerprint density at radius 2 is 0.964 bits per heavy atom. The van der Waals surface area contributed by atoms with Crippen molar-refractivity contribution in [3.63, 3.8) is 0 Å². The molecule has 13 aromatic rings. The van der Waals surface area contributed by atoms with E-state index in [0.29, 0.717) is 0 Å². The Morgan fingerprint density at radius 3 is 1.64 bits per heavy atom. The van der Waals surface area contributed by atoms with Gasteiger partial charge in [0.15, 0.2) is 4.96 Å². The molecule has 55 heavy (non-hydrogen) atoms. The highest BCUT2D eigenvalue weighted by molar-refractivity contribution is 7.24. The molecule has 0 amide bonds. The number of para-hydroxylation sites is 5. The summed E-state index contributed by atoms with van der Waals surface area (Å²) < 4.78 is 14.6. The highest BCUT2D eigenvalue weighted by atomic mass is 32.1. The van der Waals surface area contributed by atoms with E-state index in [-0.39, 0.29) is 0 Å². The molecule has 0 radical (unpaired) electrons. The summed E-state index contributed by atoms with van der Waals surface area (Å²) in [4.78, 5) is 6.23. The lowest BCUT2D eigenvalue weighted by Crippen LogP contribution is -2.00. The fourth-order valence-electron chi connectivity index (χ4n) is 9.06. The number of nitrogens with zero attached hydrogens (tertiary/aromatic N) is 4. The van der Waals surface area contributed by atoms with Crippen LogP contribution in [0.5, 0.6) is 0 Å². The minimum absolute atomic E-state index is 0.900. The molecular weight excluding hydrogens is 693 g/mol. The highest BCUT2D eigenvalue weighted by Crippen LogP contribution is 2.43. The van der Waals surface area contributed by atoms with Crippen LogP contribution in [0.15, 0.2) is 174 Å². The van der Waals surface area contributed by atoms with Gasteiger partial charge in [-0.15, -0.1) is 0 Å². The van der Waals surface area contributed by atoms with Crippen LogP contribution in [0.1, 0.15) is 0 Å². The molecule has 0 bridgehead atoms.